The van der Waals surface area contributed by atoms with Crippen LogP contribution >= 0.6 is 24.0 Å². The number of hydrogen-bond donors (Lipinski definition) is 3. The van der Waals surface area contributed by atoms with Gasteiger partial charge in [0.1, 0.15) is 0 Å². The second-order valence-electron chi connectivity index (χ2n) is 8.75. The van der Waals surface area contributed by atoms with Gasteiger partial charge >= 0.3 is 0 Å². The molecule has 1 aromatic rings. The second-order valence-corrected chi connectivity index (χ2v) is 8.75. The first kappa shape index (κ1) is 23.4. The van der Waals surface area contributed by atoms with Gasteiger partial charge in [-0.2, -0.15) is 0 Å². The SMILES string of the molecule is CCNC(=NCC1(c2ccc3c(c2)OCO3)CCCCC1)NC1CCC(O)CC1.I. The zero-order chi connectivity index (χ0) is 20.1. The Hall–Kier alpha value is -1.22. The number of benzene rings is 1. The van der Waals surface area contributed by atoms with Crippen molar-refractivity contribution in [3.05, 3.63) is 23.8 Å². The van der Waals surface area contributed by atoms with E-state index in [9.17, 15) is 5.11 Å². The number of aliphatic hydroxyl groups is 1. The van der Waals surface area contributed by atoms with Gasteiger partial charge in [-0.1, -0.05) is 25.3 Å². The van der Waals surface area contributed by atoms with Crippen LogP contribution in [0.5, 0.6) is 11.5 Å². The van der Waals surface area contributed by atoms with Crippen molar-refractivity contribution in [3.8, 4) is 11.5 Å². The van der Waals surface area contributed by atoms with Gasteiger partial charge in [0.25, 0.3) is 0 Å². The molecular formula is C23H36IN3O3. The molecule has 2 fully saturated rings. The van der Waals surface area contributed by atoms with E-state index >= 15 is 0 Å². The summed E-state index contributed by atoms with van der Waals surface area (Å²) < 4.78 is 11.2. The summed E-state index contributed by atoms with van der Waals surface area (Å²) in [6.45, 7) is 4.04. The van der Waals surface area contributed by atoms with Crippen LogP contribution in [0.1, 0.15) is 70.3 Å². The molecule has 0 saturated heterocycles. The van der Waals surface area contributed by atoms with Gasteiger partial charge < -0.3 is 25.2 Å². The summed E-state index contributed by atoms with van der Waals surface area (Å²) in [7, 11) is 0. The molecule has 0 unspecified atom stereocenters. The Balaban J connectivity index is 0.00000256. The largest absolute Gasteiger partial charge is 0.454 e. The first-order valence-electron chi connectivity index (χ1n) is 11.3. The van der Waals surface area contributed by atoms with E-state index in [1.54, 1.807) is 0 Å². The zero-order valence-electron chi connectivity index (χ0n) is 18.0. The minimum absolute atomic E-state index is 0. The summed E-state index contributed by atoms with van der Waals surface area (Å²) in [6.07, 6.45) is 9.72. The molecule has 1 heterocycles. The molecule has 7 heteroatoms. The van der Waals surface area contributed by atoms with Crippen molar-refractivity contribution in [1.82, 2.24) is 10.6 Å². The van der Waals surface area contributed by atoms with Gasteiger partial charge in [0, 0.05) is 18.0 Å². The minimum Gasteiger partial charge on any atom is -0.454 e. The number of fused-ring (bicyclic) bond motifs is 1. The van der Waals surface area contributed by atoms with Gasteiger partial charge in [-0.25, -0.2) is 0 Å². The van der Waals surface area contributed by atoms with Crippen LogP contribution in [-0.2, 0) is 5.41 Å². The molecule has 1 aromatic carbocycles. The molecule has 30 heavy (non-hydrogen) atoms. The average molecular weight is 529 g/mol. The predicted molar refractivity (Wildman–Crippen MR) is 130 cm³/mol. The maximum absolute atomic E-state index is 9.77. The molecular weight excluding hydrogens is 493 g/mol. The summed E-state index contributed by atoms with van der Waals surface area (Å²) in [6, 6.07) is 6.82. The fourth-order valence-corrected chi connectivity index (χ4v) is 4.96. The number of nitrogens with zero attached hydrogens (tertiary/aromatic N) is 1. The predicted octanol–water partition coefficient (Wildman–Crippen LogP) is 4.09. The smallest absolute Gasteiger partial charge is 0.231 e. The van der Waals surface area contributed by atoms with Crippen molar-refractivity contribution in [3.63, 3.8) is 0 Å². The molecule has 0 aromatic heterocycles. The maximum Gasteiger partial charge on any atom is 0.231 e. The summed E-state index contributed by atoms with van der Waals surface area (Å²) >= 11 is 0. The Morgan fingerprint density at radius 3 is 2.57 bits per heavy atom. The number of hydrogen-bond acceptors (Lipinski definition) is 4. The van der Waals surface area contributed by atoms with E-state index in [2.05, 4.69) is 35.8 Å². The Morgan fingerprint density at radius 2 is 1.83 bits per heavy atom. The van der Waals surface area contributed by atoms with Crippen LogP contribution in [0.15, 0.2) is 23.2 Å². The van der Waals surface area contributed by atoms with Gasteiger partial charge in [0.05, 0.1) is 12.6 Å². The lowest BCUT2D eigenvalue weighted by molar-refractivity contribution is 0.120. The lowest BCUT2D eigenvalue weighted by Crippen LogP contribution is -2.46. The molecule has 2 aliphatic carbocycles. The number of halogens is 1. The summed E-state index contributed by atoms with van der Waals surface area (Å²) in [5.41, 5.74) is 1.38. The summed E-state index contributed by atoms with van der Waals surface area (Å²) in [4.78, 5) is 5.05. The Labute approximate surface area is 197 Å². The second kappa shape index (κ2) is 10.9. The van der Waals surface area contributed by atoms with E-state index < -0.39 is 0 Å². The third kappa shape index (κ3) is 5.52. The fourth-order valence-electron chi connectivity index (χ4n) is 4.96. The topological polar surface area (TPSA) is 75.1 Å². The van der Waals surface area contributed by atoms with Crippen LogP contribution in [0, 0.1) is 0 Å². The highest BCUT2D eigenvalue weighted by atomic mass is 127. The van der Waals surface area contributed by atoms with Crippen molar-refractivity contribution >= 4 is 29.9 Å². The maximum atomic E-state index is 9.77. The van der Waals surface area contributed by atoms with E-state index in [1.807, 2.05) is 0 Å². The first-order valence-corrected chi connectivity index (χ1v) is 11.3. The standard InChI is InChI=1S/C23H35N3O3.HI/c1-2-24-22(26-18-7-9-19(27)10-8-18)25-15-23(12-4-3-5-13-23)17-6-11-20-21(14-17)29-16-28-20;/h6,11,14,18-19,27H,2-5,7-10,12-13,15-16H2,1H3,(H2,24,25,26);1H. The third-order valence-corrected chi connectivity index (χ3v) is 6.72. The molecule has 3 N–H and O–H groups in total. The zero-order valence-corrected chi connectivity index (χ0v) is 20.3. The van der Waals surface area contributed by atoms with E-state index in [0.29, 0.717) is 12.8 Å². The number of rotatable bonds is 5. The third-order valence-electron chi connectivity index (χ3n) is 6.72. The van der Waals surface area contributed by atoms with Crippen LogP contribution in [0.2, 0.25) is 0 Å². The molecule has 168 valence electrons. The number of guanidine groups is 1. The molecule has 4 rings (SSSR count). The van der Waals surface area contributed by atoms with Crippen LogP contribution in [0.4, 0.5) is 0 Å². The van der Waals surface area contributed by atoms with Crippen LogP contribution < -0.4 is 20.1 Å². The normalized spacial score (nSPS) is 25.3. The fraction of sp³-hybridized carbons (Fsp3) is 0.696. The van der Waals surface area contributed by atoms with Crippen molar-refractivity contribution < 1.29 is 14.6 Å². The van der Waals surface area contributed by atoms with Crippen molar-refractivity contribution in [1.29, 1.82) is 0 Å². The number of ether oxygens (including phenoxy) is 2. The number of aliphatic imine (C=N–C) groups is 1. The van der Waals surface area contributed by atoms with Gasteiger partial charge in [0.15, 0.2) is 17.5 Å². The number of aliphatic hydroxyl groups excluding tert-OH is 1. The van der Waals surface area contributed by atoms with Gasteiger partial charge in [-0.15, -0.1) is 24.0 Å². The van der Waals surface area contributed by atoms with E-state index in [0.717, 1.165) is 69.1 Å². The molecule has 0 atom stereocenters. The molecule has 0 bridgehead atoms. The highest BCUT2D eigenvalue weighted by molar-refractivity contribution is 14.0. The average Bonchev–Trinajstić information content (AvgIpc) is 3.22. The highest BCUT2D eigenvalue weighted by Gasteiger charge is 2.35. The molecule has 6 nitrogen and oxygen atoms in total. The van der Waals surface area contributed by atoms with Crippen molar-refractivity contribution in [2.45, 2.75) is 82.3 Å². The van der Waals surface area contributed by atoms with Gasteiger partial charge in [-0.05, 0) is 63.1 Å². The summed E-state index contributed by atoms with van der Waals surface area (Å²) in [5, 5.41) is 16.8. The molecule has 2 saturated carbocycles. The van der Waals surface area contributed by atoms with Gasteiger partial charge in [-0.3, -0.25) is 4.99 Å². The molecule has 1 aliphatic heterocycles. The first-order chi connectivity index (χ1) is 14.2. The van der Waals surface area contributed by atoms with Crippen LogP contribution in [0.3, 0.4) is 0 Å². The Morgan fingerprint density at radius 1 is 1.10 bits per heavy atom. The highest BCUT2D eigenvalue weighted by Crippen LogP contribution is 2.43. The van der Waals surface area contributed by atoms with Crippen LogP contribution in [-0.4, -0.2) is 43.1 Å². The van der Waals surface area contributed by atoms with Crippen molar-refractivity contribution in [2.75, 3.05) is 19.9 Å². The Bertz CT molecular complexity index is 714. The van der Waals surface area contributed by atoms with Crippen molar-refractivity contribution in [2.24, 2.45) is 4.99 Å². The lowest BCUT2D eigenvalue weighted by Gasteiger charge is -2.37. The van der Waals surface area contributed by atoms with E-state index in [-0.39, 0.29) is 35.5 Å². The minimum atomic E-state index is -0.135. The molecule has 0 amide bonds. The van der Waals surface area contributed by atoms with Crippen LogP contribution in [0.25, 0.3) is 0 Å². The summed E-state index contributed by atoms with van der Waals surface area (Å²) in [5.74, 6) is 2.61. The quantitative estimate of drug-likeness (QED) is 0.305. The molecule has 0 spiro atoms. The van der Waals surface area contributed by atoms with E-state index in [4.69, 9.17) is 14.5 Å². The number of nitrogens with one attached hydrogen (secondary N) is 2. The molecule has 0 radical (unpaired) electrons. The lowest BCUT2D eigenvalue weighted by atomic mass is 9.69. The van der Waals surface area contributed by atoms with Gasteiger partial charge in [0.2, 0.25) is 6.79 Å². The molecule has 3 aliphatic rings. The monoisotopic (exact) mass is 529 g/mol. The van der Waals surface area contributed by atoms with E-state index in [1.165, 1.54) is 24.8 Å². The Kier molecular flexibility index (Phi) is 8.51.